The zero-order valence-corrected chi connectivity index (χ0v) is 17.3. The van der Waals surface area contributed by atoms with Crippen molar-refractivity contribution in [3.05, 3.63) is 53.7 Å². The van der Waals surface area contributed by atoms with E-state index < -0.39 is 12.1 Å². The summed E-state index contributed by atoms with van der Waals surface area (Å²) >= 11 is 0. The number of nitriles is 1. The van der Waals surface area contributed by atoms with Gasteiger partial charge in [-0.05, 0) is 49.7 Å². The van der Waals surface area contributed by atoms with Gasteiger partial charge in [0.15, 0.2) is 0 Å². The Bertz CT molecular complexity index is 1050. The monoisotopic (exact) mass is 446 g/mol. The van der Waals surface area contributed by atoms with E-state index in [1.165, 1.54) is 0 Å². The van der Waals surface area contributed by atoms with Crippen LogP contribution < -0.4 is 9.80 Å². The lowest BCUT2D eigenvalue weighted by Crippen LogP contribution is -2.31. The average Bonchev–Trinajstić information content (AvgIpc) is 3.30. The molecule has 1 atom stereocenters. The molecule has 2 aliphatic rings. The van der Waals surface area contributed by atoms with Gasteiger partial charge in [0.25, 0.3) is 0 Å². The van der Waals surface area contributed by atoms with Crippen LogP contribution in [0.25, 0.3) is 0 Å². The molecule has 10 heteroatoms. The molecule has 4 rings (SSSR count). The highest BCUT2D eigenvalue weighted by molar-refractivity contribution is 5.96. The Labute approximate surface area is 182 Å². The third kappa shape index (κ3) is 5.17. The highest BCUT2D eigenvalue weighted by Crippen LogP contribution is 2.42. The van der Waals surface area contributed by atoms with Crippen LogP contribution in [0.2, 0.25) is 0 Å². The number of rotatable bonds is 2. The Kier molecular flexibility index (Phi) is 6.39. The van der Waals surface area contributed by atoms with E-state index in [0.29, 0.717) is 12.0 Å². The van der Waals surface area contributed by atoms with E-state index in [0.717, 1.165) is 43.3 Å². The zero-order valence-electron chi connectivity index (χ0n) is 17.3. The summed E-state index contributed by atoms with van der Waals surface area (Å²) in [5.74, 6) is -1.59. The number of aryl methyl sites for hydroxylation is 1. The van der Waals surface area contributed by atoms with Crippen molar-refractivity contribution in [1.82, 2.24) is 4.98 Å². The molecule has 0 aliphatic carbocycles. The van der Waals surface area contributed by atoms with E-state index in [4.69, 9.17) is 15.2 Å². The van der Waals surface area contributed by atoms with Gasteiger partial charge in [0.1, 0.15) is 5.82 Å². The molecule has 2 aliphatic heterocycles. The molecule has 2 aromatic rings. The molecular weight excluding hydrogens is 425 g/mol. The number of alkyl halides is 3. The summed E-state index contributed by atoms with van der Waals surface area (Å²) in [4.78, 5) is 30.3. The fourth-order valence-electron chi connectivity index (χ4n) is 3.96. The number of carboxylic acids is 1. The van der Waals surface area contributed by atoms with E-state index in [2.05, 4.69) is 16.0 Å². The third-order valence-electron chi connectivity index (χ3n) is 5.51. The number of halogens is 3. The topological polar surface area (TPSA) is 97.5 Å². The first-order chi connectivity index (χ1) is 15.0. The van der Waals surface area contributed by atoms with Crippen LogP contribution in [0.5, 0.6) is 0 Å². The summed E-state index contributed by atoms with van der Waals surface area (Å²) in [7, 11) is 0. The SMILES string of the molecule is Cc1cccc(N2CCC3(CC(=O)N(c4ccc(C#N)cc4)C3)C2)n1.O=C(O)C(F)(F)F. The van der Waals surface area contributed by atoms with Crippen molar-refractivity contribution in [1.29, 1.82) is 5.26 Å². The molecule has 0 bridgehead atoms. The number of carbonyl (C=O) groups excluding carboxylic acids is 1. The number of carbonyl (C=O) groups is 2. The summed E-state index contributed by atoms with van der Waals surface area (Å²) in [5.41, 5.74) is 2.51. The Hall–Kier alpha value is -3.61. The summed E-state index contributed by atoms with van der Waals surface area (Å²) in [6.07, 6.45) is -3.50. The normalized spacial score (nSPS) is 20.2. The van der Waals surface area contributed by atoms with Crippen molar-refractivity contribution in [3.63, 3.8) is 0 Å². The molecule has 3 heterocycles. The van der Waals surface area contributed by atoms with Crippen molar-refractivity contribution in [2.75, 3.05) is 29.4 Å². The van der Waals surface area contributed by atoms with Gasteiger partial charge in [-0.2, -0.15) is 18.4 Å². The second kappa shape index (κ2) is 8.86. The van der Waals surface area contributed by atoms with Gasteiger partial charge in [-0.15, -0.1) is 0 Å². The maximum atomic E-state index is 12.6. The van der Waals surface area contributed by atoms with E-state index in [1.54, 1.807) is 12.1 Å². The molecule has 1 aromatic carbocycles. The number of anilines is 2. The lowest BCUT2D eigenvalue weighted by atomic mass is 9.86. The van der Waals surface area contributed by atoms with Crippen LogP contribution in [0.3, 0.4) is 0 Å². The summed E-state index contributed by atoms with van der Waals surface area (Å²) < 4.78 is 31.7. The van der Waals surface area contributed by atoms with Crippen molar-refractivity contribution >= 4 is 23.4 Å². The van der Waals surface area contributed by atoms with Crippen molar-refractivity contribution in [2.24, 2.45) is 5.41 Å². The second-order valence-corrected chi connectivity index (χ2v) is 7.93. The van der Waals surface area contributed by atoms with Gasteiger partial charge in [-0.1, -0.05) is 6.07 Å². The van der Waals surface area contributed by atoms with Gasteiger partial charge in [0.2, 0.25) is 5.91 Å². The van der Waals surface area contributed by atoms with Crippen LogP contribution in [-0.4, -0.2) is 47.8 Å². The molecule has 7 nitrogen and oxygen atoms in total. The zero-order chi connectivity index (χ0) is 23.5. The van der Waals surface area contributed by atoms with E-state index in [1.807, 2.05) is 42.2 Å². The molecule has 1 N–H and O–H groups in total. The number of hydrogen-bond donors (Lipinski definition) is 1. The number of pyridine rings is 1. The predicted molar refractivity (Wildman–Crippen MR) is 110 cm³/mol. The van der Waals surface area contributed by atoms with Gasteiger partial charge >= 0.3 is 12.1 Å². The van der Waals surface area contributed by atoms with Gasteiger partial charge in [0, 0.05) is 42.9 Å². The largest absolute Gasteiger partial charge is 0.490 e. The molecule has 0 saturated carbocycles. The summed E-state index contributed by atoms with van der Waals surface area (Å²) in [5, 5.41) is 16.1. The molecule has 32 heavy (non-hydrogen) atoms. The molecular formula is C22H21F3N4O3. The van der Waals surface area contributed by atoms with E-state index in [9.17, 15) is 18.0 Å². The highest BCUT2D eigenvalue weighted by atomic mass is 19.4. The van der Waals surface area contributed by atoms with Crippen LogP contribution in [0.1, 0.15) is 24.1 Å². The van der Waals surface area contributed by atoms with Crippen LogP contribution in [-0.2, 0) is 9.59 Å². The number of aromatic nitrogens is 1. The third-order valence-corrected chi connectivity index (χ3v) is 5.51. The van der Waals surface area contributed by atoms with Crippen LogP contribution in [0.15, 0.2) is 42.5 Å². The fourth-order valence-corrected chi connectivity index (χ4v) is 3.96. The van der Waals surface area contributed by atoms with Gasteiger partial charge in [-0.25, -0.2) is 9.78 Å². The van der Waals surface area contributed by atoms with Crippen LogP contribution >= 0.6 is 0 Å². The Morgan fingerprint density at radius 3 is 2.41 bits per heavy atom. The van der Waals surface area contributed by atoms with Crippen LogP contribution in [0, 0.1) is 23.7 Å². The minimum absolute atomic E-state index is 0.00356. The van der Waals surface area contributed by atoms with Gasteiger partial charge in [-0.3, -0.25) is 4.79 Å². The maximum absolute atomic E-state index is 12.6. The van der Waals surface area contributed by atoms with Crippen molar-refractivity contribution in [2.45, 2.75) is 25.9 Å². The smallest absolute Gasteiger partial charge is 0.475 e. The first-order valence-electron chi connectivity index (χ1n) is 9.82. The molecule has 1 spiro atoms. The Balaban J connectivity index is 0.000000360. The molecule has 1 amide bonds. The summed E-state index contributed by atoms with van der Waals surface area (Å²) in [6, 6.07) is 15.5. The minimum atomic E-state index is -5.08. The summed E-state index contributed by atoms with van der Waals surface area (Å²) in [6.45, 7) is 4.54. The molecule has 0 radical (unpaired) electrons. The number of aliphatic carboxylic acids is 1. The lowest BCUT2D eigenvalue weighted by molar-refractivity contribution is -0.192. The molecule has 1 aromatic heterocycles. The predicted octanol–water partition coefficient (Wildman–Crippen LogP) is 3.53. The number of benzene rings is 1. The molecule has 2 saturated heterocycles. The molecule has 1 unspecified atom stereocenters. The molecule has 2 fully saturated rings. The first-order valence-corrected chi connectivity index (χ1v) is 9.82. The highest BCUT2D eigenvalue weighted by Gasteiger charge is 2.48. The fraction of sp³-hybridized carbons (Fsp3) is 0.364. The van der Waals surface area contributed by atoms with Crippen molar-refractivity contribution in [3.8, 4) is 6.07 Å². The lowest BCUT2D eigenvalue weighted by Gasteiger charge is -2.24. The van der Waals surface area contributed by atoms with E-state index >= 15 is 0 Å². The minimum Gasteiger partial charge on any atom is -0.475 e. The maximum Gasteiger partial charge on any atom is 0.490 e. The van der Waals surface area contributed by atoms with E-state index in [-0.39, 0.29) is 11.3 Å². The van der Waals surface area contributed by atoms with Gasteiger partial charge < -0.3 is 14.9 Å². The van der Waals surface area contributed by atoms with Crippen molar-refractivity contribution < 1.29 is 27.9 Å². The number of amides is 1. The molecule has 168 valence electrons. The average molecular weight is 446 g/mol. The second-order valence-electron chi connectivity index (χ2n) is 7.93. The van der Waals surface area contributed by atoms with Gasteiger partial charge in [0.05, 0.1) is 11.6 Å². The first kappa shape index (κ1) is 23.1. The standard InChI is InChI=1S/C20H20N4O.C2HF3O2/c1-15-3-2-4-18(22-15)23-10-9-20(13-23)11-19(25)24(14-20)17-7-5-16(12-21)6-8-17;3-2(4,5)1(6)7/h2-8H,9-11,13-14H2,1H3;(H,6,7). The number of carboxylic acid groups (broad SMARTS) is 1. The Morgan fingerprint density at radius 1 is 1.19 bits per heavy atom. The van der Waals surface area contributed by atoms with Crippen LogP contribution in [0.4, 0.5) is 24.7 Å². The number of hydrogen-bond acceptors (Lipinski definition) is 5. The Morgan fingerprint density at radius 2 is 1.84 bits per heavy atom. The number of nitrogens with zero attached hydrogens (tertiary/aromatic N) is 4. The quantitative estimate of drug-likeness (QED) is 0.758.